The van der Waals surface area contributed by atoms with Crippen molar-refractivity contribution in [3.63, 3.8) is 0 Å². The highest BCUT2D eigenvalue weighted by Crippen LogP contribution is 2.13. The summed E-state index contributed by atoms with van der Waals surface area (Å²) in [4.78, 5) is 13.8. The number of methoxy groups -OCH3 is 1. The molecule has 0 fully saturated rings. The Bertz CT molecular complexity index is 423. The van der Waals surface area contributed by atoms with Gasteiger partial charge in [-0.15, -0.1) is 0 Å². The normalized spacial score (nSPS) is 12.8. The third-order valence-corrected chi connectivity index (χ3v) is 2.89. The van der Waals surface area contributed by atoms with E-state index in [2.05, 4.69) is 0 Å². The minimum atomic E-state index is -0.827. The van der Waals surface area contributed by atoms with Crippen LogP contribution in [0.5, 0.6) is 0 Å². The number of ketones is 1. The van der Waals surface area contributed by atoms with E-state index in [-0.39, 0.29) is 11.3 Å². The molecule has 0 saturated carbocycles. The first-order valence-electron chi connectivity index (χ1n) is 5.65. The average molecular weight is 257 g/mol. The quantitative estimate of drug-likeness (QED) is 0.731. The molecule has 0 heterocycles. The molecule has 0 radical (unpaired) electrons. The number of rotatable bonds is 6. The fourth-order valence-electron chi connectivity index (χ4n) is 1.54. The molecule has 0 amide bonds. The fraction of sp³-hybridized carbons (Fsp3) is 0.462. The maximum absolute atomic E-state index is 13.5. The number of carbonyl (C=O) groups excluding carboxylic acids is 1. The van der Waals surface area contributed by atoms with E-state index in [0.717, 1.165) is 12.1 Å². The molecule has 100 valence electrons. The van der Waals surface area contributed by atoms with Gasteiger partial charge in [-0.05, 0) is 26.1 Å². The minimum absolute atomic E-state index is 0.0897. The maximum atomic E-state index is 13.5. The lowest BCUT2D eigenvalue weighted by atomic mass is 10.0. The molecular weight excluding hydrogens is 240 g/mol. The van der Waals surface area contributed by atoms with Gasteiger partial charge in [0.2, 0.25) is 0 Å². The fourth-order valence-corrected chi connectivity index (χ4v) is 1.54. The van der Waals surface area contributed by atoms with Crippen LogP contribution in [0.1, 0.15) is 17.3 Å². The molecule has 0 aliphatic carbocycles. The van der Waals surface area contributed by atoms with Gasteiger partial charge in [0, 0.05) is 19.7 Å². The van der Waals surface area contributed by atoms with Gasteiger partial charge in [-0.1, -0.05) is 0 Å². The van der Waals surface area contributed by atoms with Crippen molar-refractivity contribution in [2.24, 2.45) is 0 Å². The van der Waals surface area contributed by atoms with Crippen LogP contribution < -0.4 is 0 Å². The first-order valence-corrected chi connectivity index (χ1v) is 5.65. The molecular formula is C13H17F2NO2. The van der Waals surface area contributed by atoms with Gasteiger partial charge in [0.15, 0.2) is 5.78 Å². The topological polar surface area (TPSA) is 29.5 Å². The molecule has 18 heavy (non-hydrogen) atoms. The number of hydrogen-bond acceptors (Lipinski definition) is 3. The Morgan fingerprint density at radius 2 is 2.11 bits per heavy atom. The summed E-state index contributed by atoms with van der Waals surface area (Å²) >= 11 is 0. The second kappa shape index (κ2) is 6.56. The number of carbonyl (C=O) groups is 1. The summed E-state index contributed by atoms with van der Waals surface area (Å²) < 4.78 is 31.1. The van der Waals surface area contributed by atoms with Gasteiger partial charge < -0.3 is 4.74 Å². The van der Waals surface area contributed by atoms with E-state index < -0.39 is 17.7 Å². The summed E-state index contributed by atoms with van der Waals surface area (Å²) in [5, 5.41) is 0. The zero-order valence-corrected chi connectivity index (χ0v) is 10.7. The monoisotopic (exact) mass is 257 g/mol. The molecule has 3 nitrogen and oxygen atoms in total. The smallest absolute Gasteiger partial charge is 0.182 e. The number of ether oxygens (including phenoxy) is 1. The molecule has 0 saturated heterocycles. The van der Waals surface area contributed by atoms with Crippen molar-refractivity contribution in [2.45, 2.75) is 13.0 Å². The Labute approximate surface area is 105 Å². The first-order chi connectivity index (χ1) is 8.47. The van der Waals surface area contributed by atoms with Crippen molar-refractivity contribution in [3.05, 3.63) is 35.4 Å². The lowest BCUT2D eigenvalue weighted by Gasteiger charge is -2.23. The lowest BCUT2D eigenvalue weighted by molar-refractivity contribution is 0.0822. The van der Waals surface area contributed by atoms with Crippen LogP contribution in [0.15, 0.2) is 18.2 Å². The summed E-state index contributed by atoms with van der Waals surface area (Å²) in [6.45, 7) is 2.73. The van der Waals surface area contributed by atoms with Crippen LogP contribution in [0.2, 0.25) is 0 Å². The Morgan fingerprint density at radius 3 is 2.67 bits per heavy atom. The highest BCUT2D eigenvalue weighted by molar-refractivity contribution is 6.00. The summed E-state index contributed by atoms with van der Waals surface area (Å²) in [6, 6.07) is 2.49. The summed E-state index contributed by atoms with van der Waals surface area (Å²) in [5.41, 5.74) is -0.0897. The molecule has 0 aromatic heterocycles. The Balaban J connectivity index is 2.79. The van der Waals surface area contributed by atoms with Crippen LogP contribution in [-0.4, -0.2) is 44.0 Å². The van der Waals surface area contributed by atoms with Crippen molar-refractivity contribution in [1.29, 1.82) is 0 Å². The second-order valence-corrected chi connectivity index (χ2v) is 4.14. The first kappa shape index (κ1) is 14.7. The van der Waals surface area contributed by atoms with Crippen LogP contribution in [-0.2, 0) is 4.74 Å². The molecule has 0 bridgehead atoms. The molecule has 1 unspecified atom stereocenters. The molecule has 1 rings (SSSR count). The highest BCUT2D eigenvalue weighted by Gasteiger charge is 2.22. The molecule has 1 atom stereocenters. The van der Waals surface area contributed by atoms with Crippen molar-refractivity contribution in [3.8, 4) is 0 Å². The average Bonchev–Trinajstić information content (AvgIpc) is 2.34. The second-order valence-electron chi connectivity index (χ2n) is 4.14. The molecule has 0 aliphatic rings. The van der Waals surface area contributed by atoms with Crippen LogP contribution in [0.25, 0.3) is 0 Å². The predicted molar refractivity (Wildman–Crippen MR) is 64.7 cm³/mol. The number of Topliss-reactive ketones (excluding diaryl/α,β-unsaturated/α-hetero) is 1. The number of benzene rings is 1. The molecule has 5 heteroatoms. The summed E-state index contributed by atoms with van der Waals surface area (Å²) in [6.07, 6.45) is 0. The predicted octanol–water partition coefficient (Wildman–Crippen LogP) is 2.11. The van der Waals surface area contributed by atoms with Gasteiger partial charge in [-0.2, -0.15) is 0 Å². The minimum Gasteiger partial charge on any atom is -0.383 e. The van der Waals surface area contributed by atoms with Crippen LogP contribution in [0, 0.1) is 11.6 Å². The molecule has 1 aromatic rings. The number of hydrogen-bond donors (Lipinski definition) is 0. The lowest BCUT2D eigenvalue weighted by Crippen LogP contribution is -2.38. The summed E-state index contributed by atoms with van der Waals surface area (Å²) in [5.74, 6) is -1.89. The van der Waals surface area contributed by atoms with E-state index in [4.69, 9.17) is 4.74 Å². The van der Waals surface area contributed by atoms with Gasteiger partial charge in [-0.3, -0.25) is 9.69 Å². The molecule has 0 aliphatic heterocycles. The van der Waals surface area contributed by atoms with Gasteiger partial charge in [0.25, 0.3) is 0 Å². The van der Waals surface area contributed by atoms with E-state index in [1.54, 1.807) is 26.0 Å². The number of likely N-dealkylation sites (N-methyl/N-ethyl adjacent to an activating group) is 1. The van der Waals surface area contributed by atoms with Gasteiger partial charge >= 0.3 is 0 Å². The van der Waals surface area contributed by atoms with Crippen molar-refractivity contribution < 1.29 is 18.3 Å². The van der Waals surface area contributed by atoms with E-state index in [9.17, 15) is 13.6 Å². The van der Waals surface area contributed by atoms with Crippen LogP contribution in [0.3, 0.4) is 0 Å². The van der Waals surface area contributed by atoms with E-state index >= 15 is 0 Å². The Morgan fingerprint density at radius 1 is 1.44 bits per heavy atom. The van der Waals surface area contributed by atoms with Crippen molar-refractivity contribution in [1.82, 2.24) is 4.90 Å². The van der Waals surface area contributed by atoms with Gasteiger partial charge in [0.1, 0.15) is 11.6 Å². The van der Waals surface area contributed by atoms with E-state index in [1.165, 1.54) is 6.07 Å². The Hall–Kier alpha value is -1.33. The largest absolute Gasteiger partial charge is 0.383 e. The van der Waals surface area contributed by atoms with Gasteiger partial charge in [0.05, 0.1) is 18.2 Å². The van der Waals surface area contributed by atoms with Crippen LogP contribution >= 0.6 is 0 Å². The number of halogens is 2. The Kier molecular flexibility index (Phi) is 5.37. The zero-order chi connectivity index (χ0) is 13.7. The molecule has 1 aromatic carbocycles. The number of nitrogens with zero attached hydrogens (tertiary/aromatic N) is 1. The van der Waals surface area contributed by atoms with E-state index in [1.807, 2.05) is 0 Å². The highest BCUT2D eigenvalue weighted by atomic mass is 19.1. The van der Waals surface area contributed by atoms with Gasteiger partial charge in [-0.25, -0.2) is 8.78 Å². The van der Waals surface area contributed by atoms with Crippen molar-refractivity contribution in [2.75, 3.05) is 27.3 Å². The zero-order valence-electron chi connectivity index (χ0n) is 10.7. The van der Waals surface area contributed by atoms with Crippen molar-refractivity contribution >= 4 is 5.78 Å². The molecule has 0 spiro atoms. The SMILES string of the molecule is COCCN(C)C(C)C(=O)c1ccc(F)cc1F. The maximum Gasteiger partial charge on any atom is 0.182 e. The van der Waals surface area contributed by atoms with E-state index in [0.29, 0.717) is 13.2 Å². The third-order valence-electron chi connectivity index (χ3n) is 2.89. The third kappa shape index (κ3) is 3.58. The summed E-state index contributed by atoms with van der Waals surface area (Å²) in [7, 11) is 3.32. The molecule has 0 N–H and O–H groups in total. The van der Waals surface area contributed by atoms with Crippen LogP contribution in [0.4, 0.5) is 8.78 Å². The standard InChI is InChI=1S/C13H17F2NO2/c1-9(16(2)6-7-18-3)13(17)11-5-4-10(14)8-12(11)15/h4-5,8-9H,6-7H2,1-3H3.